The molecular formula is C21H16ClN3. The van der Waals surface area contributed by atoms with Crippen molar-refractivity contribution in [3.05, 3.63) is 81.5 Å². The second kappa shape index (κ2) is 5.91. The fourth-order valence-electron chi connectivity index (χ4n) is 3.25. The first-order valence-electron chi connectivity index (χ1n) is 8.14. The van der Waals surface area contributed by atoms with Gasteiger partial charge in [0.05, 0.1) is 16.6 Å². The molecule has 4 aromatic rings. The van der Waals surface area contributed by atoms with Gasteiger partial charge in [0.1, 0.15) is 11.2 Å². The van der Waals surface area contributed by atoms with Gasteiger partial charge in [0.15, 0.2) is 5.65 Å². The molecule has 2 aromatic carbocycles. The first-order chi connectivity index (χ1) is 12.1. The van der Waals surface area contributed by atoms with Crippen molar-refractivity contribution in [2.45, 2.75) is 20.3 Å². The predicted molar refractivity (Wildman–Crippen MR) is 101 cm³/mol. The minimum absolute atomic E-state index is 0.586. The Kier molecular flexibility index (Phi) is 3.71. The molecule has 0 aliphatic rings. The number of hydrogen-bond donors (Lipinski definition) is 0. The van der Waals surface area contributed by atoms with Crippen LogP contribution in [-0.2, 0) is 6.42 Å². The van der Waals surface area contributed by atoms with E-state index in [0.717, 1.165) is 22.2 Å². The topological polar surface area (TPSA) is 41.1 Å². The summed E-state index contributed by atoms with van der Waals surface area (Å²) in [5, 5.41) is 10.3. The van der Waals surface area contributed by atoms with E-state index < -0.39 is 0 Å². The fourth-order valence-corrected chi connectivity index (χ4v) is 3.63. The van der Waals surface area contributed by atoms with Crippen LogP contribution in [0.5, 0.6) is 0 Å². The highest BCUT2D eigenvalue weighted by atomic mass is 35.5. The maximum Gasteiger partial charge on any atom is 0.157 e. The summed E-state index contributed by atoms with van der Waals surface area (Å²) in [6.45, 7) is 4.02. The smallest absolute Gasteiger partial charge is 0.157 e. The van der Waals surface area contributed by atoms with Gasteiger partial charge in [-0.2, -0.15) is 5.26 Å². The van der Waals surface area contributed by atoms with Crippen LogP contribution in [0.15, 0.2) is 48.5 Å². The van der Waals surface area contributed by atoms with Gasteiger partial charge in [-0.15, -0.1) is 0 Å². The van der Waals surface area contributed by atoms with Crippen molar-refractivity contribution in [3.8, 4) is 6.07 Å². The Morgan fingerprint density at radius 2 is 1.80 bits per heavy atom. The maximum atomic E-state index is 9.71. The Hall–Kier alpha value is -2.83. The van der Waals surface area contributed by atoms with Crippen LogP contribution in [0, 0.1) is 25.2 Å². The fraction of sp³-hybridized carbons (Fsp3) is 0.143. The lowest BCUT2D eigenvalue weighted by atomic mass is 9.98. The number of fused-ring (bicyclic) bond motifs is 3. The van der Waals surface area contributed by atoms with Gasteiger partial charge in [0.25, 0.3) is 0 Å². The van der Waals surface area contributed by atoms with E-state index in [4.69, 9.17) is 11.6 Å². The van der Waals surface area contributed by atoms with Crippen molar-refractivity contribution < 1.29 is 0 Å². The van der Waals surface area contributed by atoms with Gasteiger partial charge in [0.2, 0.25) is 0 Å². The lowest BCUT2D eigenvalue weighted by Crippen LogP contribution is -2.03. The van der Waals surface area contributed by atoms with E-state index in [9.17, 15) is 5.26 Å². The van der Waals surface area contributed by atoms with Crippen LogP contribution < -0.4 is 0 Å². The molecule has 0 N–H and O–H groups in total. The minimum atomic E-state index is 0.586. The molecule has 0 saturated carbocycles. The Bertz CT molecular complexity index is 1150. The van der Waals surface area contributed by atoms with E-state index in [-0.39, 0.29) is 0 Å². The highest BCUT2D eigenvalue weighted by molar-refractivity contribution is 6.31. The van der Waals surface area contributed by atoms with E-state index in [1.807, 2.05) is 35.6 Å². The molecule has 0 amide bonds. The SMILES string of the molecule is Cc1ccc(Cc2c(C)c(C#N)c3nc4ccccc4n3c2Cl)cc1. The van der Waals surface area contributed by atoms with Gasteiger partial charge in [-0.1, -0.05) is 53.6 Å². The lowest BCUT2D eigenvalue weighted by Gasteiger charge is -2.13. The molecule has 2 aromatic heterocycles. The normalized spacial score (nSPS) is 11.1. The van der Waals surface area contributed by atoms with Gasteiger partial charge < -0.3 is 0 Å². The molecule has 0 radical (unpaired) electrons. The summed E-state index contributed by atoms with van der Waals surface area (Å²) in [5.41, 5.74) is 7.23. The number of para-hydroxylation sites is 2. The molecule has 0 aliphatic carbocycles. The van der Waals surface area contributed by atoms with Crippen LogP contribution in [0.1, 0.15) is 27.8 Å². The van der Waals surface area contributed by atoms with Gasteiger partial charge in [-0.05, 0) is 42.7 Å². The molecule has 4 heteroatoms. The zero-order chi connectivity index (χ0) is 17.6. The summed E-state index contributed by atoms with van der Waals surface area (Å²) in [4.78, 5) is 4.62. The highest BCUT2D eigenvalue weighted by Gasteiger charge is 2.19. The van der Waals surface area contributed by atoms with Crippen LogP contribution in [0.2, 0.25) is 5.15 Å². The number of aromatic nitrogens is 2. The van der Waals surface area contributed by atoms with Crippen molar-refractivity contribution in [1.82, 2.24) is 9.38 Å². The molecule has 0 aliphatic heterocycles. The Balaban J connectivity index is 2.02. The first kappa shape index (κ1) is 15.7. The summed E-state index contributed by atoms with van der Waals surface area (Å²) in [7, 11) is 0. The number of rotatable bonds is 2. The number of nitriles is 1. The third-order valence-corrected chi connectivity index (χ3v) is 5.07. The third kappa shape index (κ3) is 2.47. The zero-order valence-corrected chi connectivity index (χ0v) is 14.8. The first-order valence-corrected chi connectivity index (χ1v) is 8.51. The number of benzene rings is 2. The summed E-state index contributed by atoms with van der Waals surface area (Å²) in [6, 6.07) is 18.5. The second-order valence-electron chi connectivity index (χ2n) is 6.30. The monoisotopic (exact) mass is 345 g/mol. The van der Waals surface area contributed by atoms with E-state index in [0.29, 0.717) is 22.8 Å². The van der Waals surface area contributed by atoms with Crippen molar-refractivity contribution in [2.75, 3.05) is 0 Å². The summed E-state index contributed by atoms with van der Waals surface area (Å²) in [5.74, 6) is 0. The third-order valence-electron chi connectivity index (χ3n) is 4.67. The maximum absolute atomic E-state index is 9.71. The molecule has 0 spiro atoms. The van der Waals surface area contributed by atoms with Crippen molar-refractivity contribution >= 4 is 28.3 Å². The molecule has 0 saturated heterocycles. The molecular weight excluding hydrogens is 330 g/mol. The molecule has 0 fully saturated rings. The quantitative estimate of drug-likeness (QED) is 0.467. The number of nitrogens with zero attached hydrogens (tertiary/aromatic N) is 3. The number of pyridine rings is 1. The number of imidazole rings is 1. The van der Waals surface area contributed by atoms with Crippen molar-refractivity contribution in [2.24, 2.45) is 0 Å². The van der Waals surface area contributed by atoms with Crippen LogP contribution in [-0.4, -0.2) is 9.38 Å². The molecule has 122 valence electrons. The van der Waals surface area contributed by atoms with Crippen molar-refractivity contribution in [1.29, 1.82) is 5.26 Å². The number of aryl methyl sites for hydroxylation is 1. The summed E-state index contributed by atoms with van der Waals surface area (Å²) >= 11 is 6.79. The van der Waals surface area contributed by atoms with Gasteiger partial charge in [-0.3, -0.25) is 4.40 Å². The number of hydrogen-bond acceptors (Lipinski definition) is 2. The molecule has 0 bridgehead atoms. The molecule has 4 rings (SSSR count). The largest absolute Gasteiger partial charge is 0.281 e. The van der Waals surface area contributed by atoms with Crippen LogP contribution in [0.25, 0.3) is 16.7 Å². The van der Waals surface area contributed by atoms with Gasteiger partial charge in [0, 0.05) is 6.42 Å². The number of halogens is 1. The molecule has 3 nitrogen and oxygen atoms in total. The van der Waals surface area contributed by atoms with E-state index in [1.165, 1.54) is 11.1 Å². The second-order valence-corrected chi connectivity index (χ2v) is 6.66. The van der Waals surface area contributed by atoms with Crippen LogP contribution in [0.4, 0.5) is 0 Å². The van der Waals surface area contributed by atoms with Gasteiger partial charge in [-0.25, -0.2) is 4.98 Å². The predicted octanol–water partition coefficient (Wildman–Crippen LogP) is 5.22. The van der Waals surface area contributed by atoms with E-state index in [2.05, 4.69) is 42.2 Å². The molecule has 25 heavy (non-hydrogen) atoms. The standard InChI is InChI=1S/C21H16ClN3/c1-13-7-9-15(10-8-13)11-16-14(2)17(12-23)21-24-18-5-3-4-6-19(18)25(21)20(16)22/h3-10H,11H2,1-2H3. The molecule has 0 unspecified atom stereocenters. The average molecular weight is 346 g/mol. The van der Waals surface area contributed by atoms with E-state index >= 15 is 0 Å². The van der Waals surface area contributed by atoms with E-state index in [1.54, 1.807) is 0 Å². The van der Waals surface area contributed by atoms with Crippen LogP contribution in [0.3, 0.4) is 0 Å². The molecule has 2 heterocycles. The van der Waals surface area contributed by atoms with Gasteiger partial charge >= 0.3 is 0 Å². The minimum Gasteiger partial charge on any atom is -0.281 e. The zero-order valence-electron chi connectivity index (χ0n) is 14.0. The van der Waals surface area contributed by atoms with Crippen molar-refractivity contribution in [3.63, 3.8) is 0 Å². The Morgan fingerprint density at radius 1 is 1.08 bits per heavy atom. The van der Waals surface area contributed by atoms with Crippen LogP contribution >= 0.6 is 11.6 Å². The Labute approximate surface area is 151 Å². The molecule has 0 atom stereocenters. The highest BCUT2D eigenvalue weighted by Crippen LogP contribution is 2.32. The average Bonchev–Trinajstić information content (AvgIpc) is 3.00. The Morgan fingerprint density at radius 3 is 2.52 bits per heavy atom. The summed E-state index contributed by atoms with van der Waals surface area (Å²) < 4.78 is 1.89. The summed E-state index contributed by atoms with van der Waals surface area (Å²) in [6.07, 6.45) is 0.683. The lowest BCUT2D eigenvalue weighted by molar-refractivity contribution is 1.08.